The number of aliphatic hydroxyl groups excluding tert-OH is 7. The van der Waals surface area contributed by atoms with Crippen LogP contribution in [0, 0.1) is 0 Å². The molecule has 2 saturated heterocycles. The Morgan fingerprint density at radius 2 is 1.47 bits per heavy atom. The molecule has 2 fully saturated rings. The molecule has 0 radical (unpaired) electrons. The molecule has 0 saturated carbocycles. The van der Waals surface area contributed by atoms with Crippen molar-refractivity contribution in [1.82, 2.24) is 0 Å². The Hall–Kier alpha value is -5.28. The van der Waals surface area contributed by atoms with Gasteiger partial charge in [-0.15, -0.1) is 0 Å². The van der Waals surface area contributed by atoms with Crippen molar-refractivity contribution in [2.45, 2.75) is 61.2 Å². The second-order valence-electron chi connectivity index (χ2n) is 12.8. The SMILES string of the molecule is COc1cc(/C=C/C(=O)OC2[C@@H](O)[C@H](O)C(CO)O[C@H]2c2c(O)cc3oc(-c4ccc(O[C@@H]5OC(CO)[C@@H](O)[C@H](O)C5O)cc4)cc(=O)c3c2O)ccc1O. The first-order valence-electron chi connectivity index (χ1n) is 16.7. The number of carbonyl (C=O) groups is 1. The number of phenolic OH excluding ortho intramolecular Hbond substituents is 3. The number of aromatic hydroxyl groups is 3. The largest absolute Gasteiger partial charge is 0.507 e. The first-order chi connectivity index (χ1) is 26.3. The summed E-state index contributed by atoms with van der Waals surface area (Å²) >= 11 is 0. The molecular formula is C37H38O18. The Bertz CT molecular complexity index is 2090. The van der Waals surface area contributed by atoms with Crippen LogP contribution in [0.25, 0.3) is 28.4 Å². The van der Waals surface area contributed by atoms with Crippen LogP contribution in [0.1, 0.15) is 17.2 Å². The molecule has 18 nitrogen and oxygen atoms in total. The number of carbonyl (C=O) groups excluding carboxylic acids is 1. The van der Waals surface area contributed by atoms with Gasteiger partial charge < -0.3 is 79.2 Å². The molecule has 3 aromatic carbocycles. The van der Waals surface area contributed by atoms with Crippen LogP contribution in [0.15, 0.2) is 69.9 Å². The van der Waals surface area contributed by atoms with Gasteiger partial charge in [0.15, 0.2) is 23.0 Å². The number of phenols is 3. The predicted molar refractivity (Wildman–Crippen MR) is 186 cm³/mol. The predicted octanol–water partition coefficient (Wildman–Crippen LogP) is -0.457. The van der Waals surface area contributed by atoms with Gasteiger partial charge in [-0.2, -0.15) is 0 Å². The third-order valence-electron chi connectivity index (χ3n) is 9.27. The zero-order valence-electron chi connectivity index (χ0n) is 28.8. The van der Waals surface area contributed by atoms with E-state index in [0.29, 0.717) is 11.1 Å². The molecule has 4 aromatic rings. The summed E-state index contributed by atoms with van der Waals surface area (Å²) in [6.45, 7) is -1.48. The molecule has 0 amide bonds. The maximum atomic E-state index is 13.5. The number of methoxy groups -OCH3 is 1. The number of ether oxygens (including phenoxy) is 5. The average Bonchev–Trinajstić information content (AvgIpc) is 3.17. The first-order valence-corrected chi connectivity index (χ1v) is 16.7. The molecule has 2 aliphatic rings. The topological polar surface area (TPSA) is 296 Å². The van der Waals surface area contributed by atoms with Gasteiger partial charge in [-0.1, -0.05) is 6.07 Å². The van der Waals surface area contributed by atoms with Crippen LogP contribution < -0.4 is 14.9 Å². The van der Waals surface area contributed by atoms with E-state index in [9.17, 15) is 60.7 Å². The fourth-order valence-electron chi connectivity index (χ4n) is 6.31. The third kappa shape index (κ3) is 7.81. The Morgan fingerprint density at radius 1 is 0.800 bits per heavy atom. The Kier molecular flexibility index (Phi) is 11.6. The average molecular weight is 771 g/mol. The molecule has 6 rings (SSSR count). The molecule has 18 heteroatoms. The number of hydrogen-bond donors (Lipinski definition) is 10. The highest BCUT2D eigenvalue weighted by Crippen LogP contribution is 2.45. The smallest absolute Gasteiger partial charge is 0.331 e. The zero-order chi connectivity index (χ0) is 39.7. The highest BCUT2D eigenvalue weighted by atomic mass is 16.7. The second kappa shape index (κ2) is 16.2. The summed E-state index contributed by atoms with van der Waals surface area (Å²) in [5.41, 5.74) is -0.882. The van der Waals surface area contributed by atoms with Gasteiger partial charge in [-0.25, -0.2) is 4.79 Å². The fraction of sp³-hybridized carbons (Fsp3) is 0.351. The second-order valence-corrected chi connectivity index (χ2v) is 12.8. The van der Waals surface area contributed by atoms with E-state index in [-0.39, 0.29) is 28.6 Å². The summed E-state index contributed by atoms with van der Waals surface area (Å²) in [4.78, 5) is 26.4. The molecule has 10 atom stereocenters. The molecule has 3 heterocycles. The summed E-state index contributed by atoms with van der Waals surface area (Å²) in [6, 6.07) is 12.0. The van der Waals surface area contributed by atoms with Gasteiger partial charge in [-0.05, 0) is 48.0 Å². The van der Waals surface area contributed by atoms with Crippen LogP contribution in [0.5, 0.6) is 28.7 Å². The van der Waals surface area contributed by atoms with Crippen LogP contribution in [0.4, 0.5) is 0 Å². The minimum Gasteiger partial charge on any atom is -0.507 e. The Labute approximate surface area is 310 Å². The molecule has 294 valence electrons. The number of benzene rings is 3. The zero-order valence-corrected chi connectivity index (χ0v) is 28.8. The van der Waals surface area contributed by atoms with E-state index in [1.165, 1.54) is 55.7 Å². The third-order valence-corrected chi connectivity index (χ3v) is 9.27. The van der Waals surface area contributed by atoms with Crippen molar-refractivity contribution in [3.63, 3.8) is 0 Å². The van der Waals surface area contributed by atoms with Gasteiger partial charge >= 0.3 is 5.97 Å². The van der Waals surface area contributed by atoms with Crippen LogP contribution in [0.3, 0.4) is 0 Å². The molecule has 0 aliphatic carbocycles. The van der Waals surface area contributed by atoms with Crippen LogP contribution in [0.2, 0.25) is 0 Å². The van der Waals surface area contributed by atoms with Crippen molar-refractivity contribution in [3.05, 3.63) is 82.0 Å². The summed E-state index contributed by atoms with van der Waals surface area (Å²) < 4.78 is 33.0. The fourth-order valence-corrected chi connectivity index (χ4v) is 6.31. The number of fused-ring (bicyclic) bond motifs is 1. The van der Waals surface area contributed by atoms with Crippen LogP contribution >= 0.6 is 0 Å². The van der Waals surface area contributed by atoms with Crippen molar-refractivity contribution >= 4 is 23.0 Å². The minimum absolute atomic E-state index is 0.0268. The molecule has 0 spiro atoms. The van der Waals surface area contributed by atoms with Crippen molar-refractivity contribution in [3.8, 4) is 40.1 Å². The standard InChI is InChI=1S/C37H38O18/c1-50-22-10-15(2-8-18(22)40)3-9-26(43)55-36-33(48)30(45)24(13-38)53-35(36)28-20(42)12-23-27(31(28)46)19(41)11-21(52-23)16-4-6-17(7-5-16)51-37-34(49)32(47)29(44)25(14-39)54-37/h2-12,24-25,29-30,32-40,42,44-49H,13-14H2,1H3/b9-3+/t24?,25?,29-,30-,32+,33+,34?,35+,36?,37-/m1/s1. The van der Waals surface area contributed by atoms with Crippen molar-refractivity contribution in [1.29, 1.82) is 0 Å². The molecular weight excluding hydrogens is 732 g/mol. The molecule has 4 unspecified atom stereocenters. The number of rotatable bonds is 10. The highest BCUT2D eigenvalue weighted by Gasteiger charge is 2.49. The van der Waals surface area contributed by atoms with E-state index in [1.807, 2.05) is 0 Å². The van der Waals surface area contributed by atoms with E-state index in [1.54, 1.807) is 0 Å². The Morgan fingerprint density at radius 3 is 2.15 bits per heavy atom. The summed E-state index contributed by atoms with van der Waals surface area (Å²) in [6.07, 6.45) is -13.9. The van der Waals surface area contributed by atoms with Crippen LogP contribution in [-0.2, 0) is 19.0 Å². The van der Waals surface area contributed by atoms with Crippen molar-refractivity contribution in [2.75, 3.05) is 20.3 Å². The van der Waals surface area contributed by atoms with Gasteiger partial charge in [0.05, 0.1) is 25.9 Å². The van der Waals surface area contributed by atoms with Crippen molar-refractivity contribution < 1.29 is 84.0 Å². The van der Waals surface area contributed by atoms with E-state index in [2.05, 4.69) is 0 Å². The quantitative estimate of drug-likeness (QED) is 0.0721. The lowest BCUT2D eigenvalue weighted by Gasteiger charge is -2.42. The number of aliphatic hydroxyl groups is 7. The summed E-state index contributed by atoms with van der Waals surface area (Å²) in [5, 5.41) is 103. The first kappa shape index (κ1) is 39.4. The molecule has 10 N–H and O–H groups in total. The molecule has 1 aromatic heterocycles. The van der Waals surface area contributed by atoms with Gasteiger partial charge in [0, 0.05) is 23.8 Å². The lowest BCUT2D eigenvalue weighted by atomic mass is 9.89. The Balaban J connectivity index is 1.27. The van der Waals surface area contributed by atoms with Gasteiger partial charge in [0.25, 0.3) is 0 Å². The van der Waals surface area contributed by atoms with Gasteiger partial charge in [0.2, 0.25) is 6.29 Å². The maximum Gasteiger partial charge on any atom is 0.331 e. The van der Waals surface area contributed by atoms with Crippen molar-refractivity contribution in [2.24, 2.45) is 0 Å². The molecule has 2 aliphatic heterocycles. The summed E-state index contributed by atoms with van der Waals surface area (Å²) in [7, 11) is 1.34. The van der Waals surface area contributed by atoms with Crippen LogP contribution in [-0.4, -0.2) is 132 Å². The number of hydrogen-bond acceptors (Lipinski definition) is 18. The van der Waals surface area contributed by atoms with E-state index >= 15 is 0 Å². The van der Waals surface area contributed by atoms with Gasteiger partial charge in [0.1, 0.15) is 82.8 Å². The summed E-state index contributed by atoms with van der Waals surface area (Å²) in [5.74, 6) is -2.57. The lowest BCUT2D eigenvalue weighted by Crippen LogP contribution is -2.60. The van der Waals surface area contributed by atoms with E-state index in [4.69, 9.17) is 28.1 Å². The maximum absolute atomic E-state index is 13.5. The molecule has 55 heavy (non-hydrogen) atoms. The number of esters is 1. The highest BCUT2D eigenvalue weighted by molar-refractivity contribution is 5.89. The minimum atomic E-state index is -1.91. The van der Waals surface area contributed by atoms with E-state index in [0.717, 1.165) is 18.2 Å². The van der Waals surface area contributed by atoms with E-state index < -0.39 is 108 Å². The molecule has 0 bridgehead atoms. The van der Waals surface area contributed by atoms with Gasteiger partial charge in [-0.3, -0.25) is 4.79 Å². The normalized spacial score (nSPS) is 28.3. The lowest BCUT2D eigenvalue weighted by molar-refractivity contribution is -0.277. The monoisotopic (exact) mass is 770 g/mol.